The van der Waals surface area contributed by atoms with Gasteiger partial charge in [0.15, 0.2) is 0 Å². The molecule has 138 valence electrons. The molecule has 0 aromatic heterocycles. The summed E-state index contributed by atoms with van der Waals surface area (Å²) in [5.41, 5.74) is 0.876. The van der Waals surface area contributed by atoms with Crippen LogP contribution in [-0.4, -0.2) is 56.4 Å². The zero-order chi connectivity index (χ0) is 18.3. The molecule has 3 fully saturated rings. The zero-order valence-electron chi connectivity index (χ0n) is 15.1. The number of nitrogens with zero attached hydrogens (tertiary/aromatic N) is 1. The molecule has 0 radical (unpaired) electrons. The zero-order valence-corrected chi connectivity index (χ0v) is 19.8. The van der Waals surface area contributed by atoms with Crippen LogP contribution in [0.25, 0.3) is 0 Å². The van der Waals surface area contributed by atoms with Crippen molar-refractivity contribution in [3.8, 4) is 0 Å². The van der Waals surface area contributed by atoms with Gasteiger partial charge in [-0.05, 0) is 29.9 Å². The summed E-state index contributed by atoms with van der Waals surface area (Å²) in [7, 11) is 0. The van der Waals surface area contributed by atoms with Crippen LogP contribution in [0.4, 0.5) is 0 Å². The maximum Gasteiger partial charge on any atom is 1.00 e. The van der Waals surface area contributed by atoms with E-state index in [-0.39, 0.29) is 75.0 Å². The van der Waals surface area contributed by atoms with Crippen molar-refractivity contribution >= 4 is 41.3 Å². The molecule has 2 amide bonds. The van der Waals surface area contributed by atoms with Crippen LogP contribution < -0.4 is 61.8 Å². The Hall–Kier alpha value is -0.0336. The van der Waals surface area contributed by atoms with Crippen LogP contribution in [-0.2, 0) is 20.8 Å². The molecular weight excluding hydrogens is 411 g/mol. The fraction of sp³-hybridized carbons (Fsp3) is 0.500. The second-order valence-electron chi connectivity index (χ2n) is 6.86. The summed E-state index contributed by atoms with van der Waals surface area (Å²) >= 11 is 3.34. The average molecular weight is 431 g/mol. The summed E-state index contributed by atoms with van der Waals surface area (Å²) in [5, 5.41) is 14.3. The first-order valence-electron chi connectivity index (χ1n) is 8.64. The van der Waals surface area contributed by atoms with Crippen molar-refractivity contribution in [1.29, 1.82) is 0 Å². The number of thioether (sulfide) groups is 2. The first kappa shape index (κ1) is 21.7. The van der Waals surface area contributed by atoms with Crippen molar-refractivity contribution in [3.05, 3.63) is 35.9 Å². The molecular formula is C18H19KN2O4S2. The Morgan fingerprint density at radius 3 is 2.52 bits per heavy atom. The largest absolute Gasteiger partial charge is 1.00 e. The number of hydrogen-bond acceptors (Lipinski definition) is 6. The molecule has 3 saturated heterocycles. The number of carbonyl (C=O) groups is 3. The topological polar surface area (TPSA) is 89.5 Å². The molecule has 1 spiro atoms. The molecule has 4 rings (SSSR count). The van der Waals surface area contributed by atoms with Crippen molar-refractivity contribution in [2.24, 2.45) is 0 Å². The Bertz CT molecular complexity index is 742. The van der Waals surface area contributed by atoms with Gasteiger partial charge in [0.2, 0.25) is 11.8 Å². The van der Waals surface area contributed by atoms with E-state index in [2.05, 4.69) is 5.32 Å². The second-order valence-corrected chi connectivity index (χ2v) is 9.62. The molecule has 27 heavy (non-hydrogen) atoms. The fourth-order valence-corrected chi connectivity index (χ4v) is 7.42. The van der Waals surface area contributed by atoms with Gasteiger partial charge in [-0.2, -0.15) is 11.8 Å². The monoisotopic (exact) mass is 430 g/mol. The summed E-state index contributed by atoms with van der Waals surface area (Å²) in [6.07, 6.45) is 1.69. The number of β-lactam (4-membered cyclic amide) rings is 1. The number of carboxylic acid groups (broad SMARTS) is 1. The van der Waals surface area contributed by atoms with Crippen LogP contribution >= 0.6 is 23.5 Å². The van der Waals surface area contributed by atoms with E-state index in [1.165, 1.54) is 16.7 Å². The third-order valence-corrected chi connectivity index (χ3v) is 8.13. The molecule has 1 aromatic rings. The number of rotatable bonds is 4. The maximum absolute atomic E-state index is 12.6. The van der Waals surface area contributed by atoms with Crippen molar-refractivity contribution in [1.82, 2.24) is 10.2 Å². The van der Waals surface area contributed by atoms with Crippen LogP contribution in [0.5, 0.6) is 0 Å². The molecule has 1 N–H and O–H groups in total. The third-order valence-electron chi connectivity index (χ3n) is 5.30. The van der Waals surface area contributed by atoms with E-state index in [1.807, 2.05) is 30.3 Å². The Morgan fingerprint density at radius 1 is 1.22 bits per heavy atom. The van der Waals surface area contributed by atoms with Gasteiger partial charge < -0.3 is 20.1 Å². The average Bonchev–Trinajstić information content (AvgIpc) is 2.92. The smallest absolute Gasteiger partial charge is 0.548 e. The standard InChI is InChI=1S/C18H20N2O4S2.K/c21-12(10-11-4-2-1-3-5-11)19-13-15(22)20-14(17(23)24)18(26-16(13)20)6-8-25-9-7-18;/h1-5,13-14,16H,6-10H2,(H,19,21)(H,23,24);/q;+1/p-1/t13?,14?,16-;/m0./s1. The predicted octanol–water partition coefficient (Wildman–Crippen LogP) is -2.98. The normalized spacial score (nSPS) is 28.1. The van der Waals surface area contributed by atoms with Gasteiger partial charge in [-0.3, -0.25) is 9.59 Å². The molecule has 9 heteroatoms. The second kappa shape index (κ2) is 8.77. The fourth-order valence-electron chi connectivity index (χ4n) is 4.02. The number of nitrogens with one attached hydrogen (secondary N) is 1. The molecule has 6 nitrogen and oxygen atoms in total. The van der Waals surface area contributed by atoms with Gasteiger partial charge in [0.05, 0.1) is 18.4 Å². The van der Waals surface area contributed by atoms with Gasteiger partial charge >= 0.3 is 51.4 Å². The molecule has 0 saturated carbocycles. The molecule has 3 heterocycles. The van der Waals surface area contributed by atoms with Gasteiger partial charge in [0, 0.05) is 4.75 Å². The Balaban J connectivity index is 0.00000210. The number of carboxylic acids is 1. The third kappa shape index (κ3) is 4.01. The number of carbonyl (C=O) groups excluding carboxylic acids is 3. The Morgan fingerprint density at radius 2 is 1.89 bits per heavy atom. The van der Waals surface area contributed by atoms with E-state index in [0.29, 0.717) is 0 Å². The molecule has 2 unspecified atom stereocenters. The van der Waals surface area contributed by atoms with Crippen LogP contribution in [0.2, 0.25) is 0 Å². The minimum Gasteiger partial charge on any atom is -0.548 e. The van der Waals surface area contributed by atoms with Gasteiger partial charge in [0.1, 0.15) is 11.4 Å². The van der Waals surface area contributed by atoms with Crippen molar-refractivity contribution < 1.29 is 70.9 Å². The predicted molar refractivity (Wildman–Crippen MR) is 98.4 cm³/mol. The molecule has 3 atom stereocenters. The SMILES string of the molecule is O=C(Cc1ccccc1)NC1C(=O)N2C(C(=O)[O-])C3(CCSCC3)S[C@@H]12.[K+]. The number of benzene rings is 1. The molecule has 3 aliphatic heterocycles. The minimum atomic E-state index is -1.19. The van der Waals surface area contributed by atoms with Crippen molar-refractivity contribution in [2.75, 3.05) is 11.5 Å². The van der Waals surface area contributed by atoms with E-state index >= 15 is 0 Å². The van der Waals surface area contributed by atoms with Gasteiger partial charge in [-0.25, -0.2) is 0 Å². The van der Waals surface area contributed by atoms with E-state index in [0.717, 1.165) is 29.9 Å². The van der Waals surface area contributed by atoms with E-state index in [9.17, 15) is 19.5 Å². The minimum absolute atomic E-state index is 0. The van der Waals surface area contributed by atoms with Gasteiger partial charge in [0.25, 0.3) is 0 Å². The van der Waals surface area contributed by atoms with Crippen LogP contribution in [0.1, 0.15) is 18.4 Å². The summed E-state index contributed by atoms with van der Waals surface area (Å²) < 4.78 is -0.483. The van der Waals surface area contributed by atoms with Crippen LogP contribution in [0, 0.1) is 0 Å². The van der Waals surface area contributed by atoms with E-state index < -0.39 is 22.8 Å². The first-order valence-corrected chi connectivity index (χ1v) is 10.7. The Labute approximate surface area is 209 Å². The van der Waals surface area contributed by atoms with E-state index in [4.69, 9.17) is 0 Å². The number of aliphatic carboxylic acids is 1. The van der Waals surface area contributed by atoms with Crippen LogP contribution in [0.3, 0.4) is 0 Å². The van der Waals surface area contributed by atoms with Gasteiger partial charge in [-0.15, -0.1) is 11.8 Å². The van der Waals surface area contributed by atoms with E-state index in [1.54, 1.807) is 11.8 Å². The number of hydrogen-bond donors (Lipinski definition) is 1. The number of amides is 2. The van der Waals surface area contributed by atoms with Crippen molar-refractivity contribution in [3.63, 3.8) is 0 Å². The van der Waals surface area contributed by atoms with Crippen molar-refractivity contribution in [2.45, 2.75) is 41.5 Å². The van der Waals surface area contributed by atoms with Gasteiger partial charge in [-0.1, -0.05) is 30.3 Å². The molecule has 0 aliphatic carbocycles. The van der Waals surface area contributed by atoms with Crippen LogP contribution in [0.15, 0.2) is 30.3 Å². The summed E-state index contributed by atoms with van der Waals surface area (Å²) in [6, 6.07) is 7.78. The molecule has 3 aliphatic rings. The first-order chi connectivity index (χ1) is 12.5. The quantitative estimate of drug-likeness (QED) is 0.405. The summed E-state index contributed by atoms with van der Waals surface area (Å²) in [4.78, 5) is 38.1. The maximum atomic E-state index is 12.6. The molecule has 0 bridgehead atoms. The number of fused-ring (bicyclic) bond motifs is 1. The Kier molecular flexibility index (Phi) is 7.04. The summed E-state index contributed by atoms with van der Waals surface area (Å²) in [5.74, 6) is 0.0510. The molecule has 1 aromatic carbocycles. The summed E-state index contributed by atoms with van der Waals surface area (Å²) in [6.45, 7) is 0.